The molecule has 1 rings (SSSR count). The van der Waals surface area contributed by atoms with E-state index < -0.39 is 5.09 Å². The molecule has 140 valence electrons. The van der Waals surface area contributed by atoms with Gasteiger partial charge in [0.05, 0.1) is 13.2 Å². The molecule has 0 aromatic heterocycles. The van der Waals surface area contributed by atoms with Crippen LogP contribution in [0, 0.1) is 10.1 Å². The largest absolute Gasteiger partial charge is 0.494 e. The van der Waals surface area contributed by atoms with Crippen molar-refractivity contribution in [3.05, 3.63) is 39.9 Å². The predicted molar refractivity (Wildman–Crippen MR) is 91.0 cm³/mol. The lowest BCUT2D eigenvalue weighted by molar-refractivity contribution is -0.757. The third-order valence-electron chi connectivity index (χ3n) is 3.18. The van der Waals surface area contributed by atoms with E-state index in [9.17, 15) is 14.9 Å². The minimum Gasteiger partial charge on any atom is -0.494 e. The number of hydrogen-bond acceptors (Lipinski definition) is 7. The van der Waals surface area contributed by atoms with E-state index in [0.29, 0.717) is 24.3 Å². The van der Waals surface area contributed by atoms with E-state index in [0.717, 1.165) is 25.9 Å². The molecule has 0 saturated carbocycles. The molecule has 25 heavy (non-hydrogen) atoms. The van der Waals surface area contributed by atoms with Crippen molar-refractivity contribution in [2.45, 2.75) is 19.3 Å². The number of nitrogens with one attached hydrogen (secondary N) is 2. The summed E-state index contributed by atoms with van der Waals surface area (Å²) in [6, 6.07) is 6.84. The molecule has 0 aliphatic heterocycles. The number of carbonyl (C=O) groups is 1. The van der Waals surface area contributed by atoms with Gasteiger partial charge in [0.15, 0.2) is 0 Å². The Morgan fingerprint density at radius 2 is 1.92 bits per heavy atom. The standard InChI is InChI=1S/C16H25N3O6/c20-10-2-7-17-8-3-11-24-15-6-1-5-14(13-15)16(21)18-9-4-12-25-19(22)23/h1,5-6,13,17,20H,2-4,7-12H2,(H,18,21). The summed E-state index contributed by atoms with van der Waals surface area (Å²) >= 11 is 0. The van der Waals surface area contributed by atoms with Crippen LogP contribution < -0.4 is 15.4 Å². The first kappa shape index (κ1) is 20.7. The van der Waals surface area contributed by atoms with Crippen molar-refractivity contribution in [3.63, 3.8) is 0 Å². The van der Waals surface area contributed by atoms with Crippen molar-refractivity contribution >= 4 is 5.91 Å². The predicted octanol–water partition coefficient (Wildman–Crippen LogP) is 0.756. The van der Waals surface area contributed by atoms with Crippen molar-refractivity contribution < 1.29 is 24.6 Å². The Kier molecular flexibility index (Phi) is 10.7. The SMILES string of the molecule is O=C(NCCCO[N+](=O)[O-])c1cccc(OCCCNCCCO)c1. The average molecular weight is 355 g/mol. The summed E-state index contributed by atoms with van der Waals surface area (Å²) in [6.07, 6.45) is 1.90. The highest BCUT2D eigenvalue weighted by atomic mass is 16.9. The molecule has 9 heteroatoms. The molecule has 1 amide bonds. The van der Waals surface area contributed by atoms with E-state index >= 15 is 0 Å². The Balaban J connectivity index is 2.24. The Hall–Kier alpha value is -2.39. The number of benzene rings is 1. The molecule has 1 aromatic carbocycles. The lowest BCUT2D eigenvalue weighted by Gasteiger charge is -2.09. The molecular weight excluding hydrogens is 330 g/mol. The first-order valence-electron chi connectivity index (χ1n) is 8.23. The zero-order valence-corrected chi connectivity index (χ0v) is 14.1. The first-order valence-corrected chi connectivity index (χ1v) is 8.23. The second-order valence-electron chi connectivity index (χ2n) is 5.22. The van der Waals surface area contributed by atoms with Gasteiger partial charge in [0.2, 0.25) is 0 Å². The van der Waals surface area contributed by atoms with Crippen molar-refractivity contribution in [3.8, 4) is 5.75 Å². The van der Waals surface area contributed by atoms with Gasteiger partial charge in [-0.1, -0.05) is 6.07 Å². The van der Waals surface area contributed by atoms with Gasteiger partial charge in [-0.05, 0) is 50.6 Å². The number of hydrogen-bond donors (Lipinski definition) is 3. The van der Waals surface area contributed by atoms with E-state index in [2.05, 4.69) is 15.5 Å². The fourth-order valence-corrected chi connectivity index (χ4v) is 1.96. The number of carbonyl (C=O) groups excluding carboxylic acids is 1. The van der Waals surface area contributed by atoms with Crippen LogP contribution in [0.3, 0.4) is 0 Å². The van der Waals surface area contributed by atoms with Gasteiger partial charge in [-0.2, -0.15) is 0 Å². The molecule has 9 nitrogen and oxygen atoms in total. The lowest BCUT2D eigenvalue weighted by atomic mass is 10.2. The number of ether oxygens (including phenoxy) is 1. The highest BCUT2D eigenvalue weighted by Gasteiger charge is 2.06. The van der Waals surface area contributed by atoms with E-state index in [-0.39, 0.29) is 25.7 Å². The van der Waals surface area contributed by atoms with Crippen LogP contribution in [0.1, 0.15) is 29.6 Å². The van der Waals surface area contributed by atoms with Gasteiger partial charge < -0.3 is 25.3 Å². The Morgan fingerprint density at radius 3 is 2.68 bits per heavy atom. The maximum Gasteiger partial charge on any atom is 0.294 e. The molecule has 0 fully saturated rings. The monoisotopic (exact) mass is 355 g/mol. The third kappa shape index (κ3) is 10.2. The van der Waals surface area contributed by atoms with Crippen LogP contribution in [0.4, 0.5) is 0 Å². The molecule has 1 aromatic rings. The number of rotatable bonds is 14. The zero-order valence-electron chi connectivity index (χ0n) is 14.1. The van der Waals surface area contributed by atoms with Gasteiger partial charge in [-0.3, -0.25) is 4.79 Å². The minimum absolute atomic E-state index is 0.0528. The molecular formula is C16H25N3O6. The maximum atomic E-state index is 12.0. The fraction of sp³-hybridized carbons (Fsp3) is 0.562. The van der Waals surface area contributed by atoms with Crippen LogP contribution in [0.25, 0.3) is 0 Å². The second kappa shape index (κ2) is 13.0. The maximum absolute atomic E-state index is 12.0. The molecule has 0 saturated heterocycles. The van der Waals surface area contributed by atoms with Gasteiger partial charge in [0.25, 0.3) is 11.0 Å². The lowest BCUT2D eigenvalue weighted by Crippen LogP contribution is -2.25. The van der Waals surface area contributed by atoms with Crippen LogP contribution in [0.5, 0.6) is 5.75 Å². The molecule has 0 atom stereocenters. The van der Waals surface area contributed by atoms with E-state index in [4.69, 9.17) is 9.84 Å². The quantitative estimate of drug-likeness (QED) is 0.256. The van der Waals surface area contributed by atoms with Crippen molar-refractivity contribution in [1.29, 1.82) is 0 Å². The molecule has 0 radical (unpaired) electrons. The normalized spacial score (nSPS) is 10.3. The third-order valence-corrected chi connectivity index (χ3v) is 3.18. The minimum atomic E-state index is -0.856. The molecule has 0 aliphatic rings. The molecule has 0 bridgehead atoms. The summed E-state index contributed by atoms with van der Waals surface area (Å²) < 4.78 is 5.61. The molecule has 0 heterocycles. The van der Waals surface area contributed by atoms with Gasteiger partial charge in [-0.25, -0.2) is 0 Å². The highest BCUT2D eigenvalue weighted by Crippen LogP contribution is 2.13. The van der Waals surface area contributed by atoms with Gasteiger partial charge in [0, 0.05) is 18.7 Å². The van der Waals surface area contributed by atoms with Crippen molar-refractivity contribution in [1.82, 2.24) is 10.6 Å². The topological polar surface area (TPSA) is 123 Å². The summed E-state index contributed by atoms with van der Waals surface area (Å²) in [5, 5.41) is 23.7. The zero-order chi connectivity index (χ0) is 18.3. The van der Waals surface area contributed by atoms with Gasteiger partial charge in [-0.15, -0.1) is 10.1 Å². The Labute approximate surface area is 146 Å². The second-order valence-corrected chi connectivity index (χ2v) is 5.22. The van der Waals surface area contributed by atoms with E-state index in [1.807, 2.05) is 0 Å². The smallest absolute Gasteiger partial charge is 0.294 e. The summed E-state index contributed by atoms with van der Waals surface area (Å²) in [7, 11) is 0. The average Bonchev–Trinajstić information content (AvgIpc) is 2.60. The van der Waals surface area contributed by atoms with Gasteiger partial charge >= 0.3 is 0 Å². The van der Waals surface area contributed by atoms with Crippen LogP contribution in [0.2, 0.25) is 0 Å². The summed E-state index contributed by atoms with van der Waals surface area (Å²) in [6.45, 7) is 2.52. The molecule has 0 aliphatic carbocycles. The van der Waals surface area contributed by atoms with Crippen molar-refractivity contribution in [2.75, 3.05) is 39.5 Å². The van der Waals surface area contributed by atoms with Crippen LogP contribution in [-0.2, 0) is 4.84 Å². The molecule has 0 unspecified atom stereocenters. The van der Waals surface area contributed by atoms with Crippen LogP contribution >= 0.6 is 0 Å². The summed E-state index contributed by atoms with van der Waals surface area (Å²) in [5.41, 5.74) is 0.466. The molecule has 0 spiro atoms. The number of amides is 1. The number of aliphatic hydroxyl groups excluding tert-OH is 1. The van der Waals surface area contributed by atoms with E-state index in [1.165, 1.54) is 0 Å². The fourth-order valence-electron chi connectivity index (χ4n) is 1.96. The summed E-state index contributed by atoms with van der Waals surface area (Å²) in [4.78, 5) is 26.2. The van der Waals surface area contributed by atoms with Gasteiger partial charge in [0.1, 0.15) is 5.75 Å². The number of nitrogens with zero attached hydrogens (tertiary/aromatic N) is 1. The Morgan fingerprint density at radius 1 is 1.16 bits per heavy atom. The first-order chi connectivity index (χ1) is 12.1. The van der Waals surface area contributed by atoms with Crippen LogP contribution in [0.15, 0.2) is 24.3 Å². The van der Waals surface area contributed by atoms with Crippen molar-refractivity contribution in [2.24, 2.45) is 0 Å². The highest BCUT2D eigenvalue weighted by molar-refractivity contribution is 5.94. The Bertz CT molecular complexity index is 526. The number of aliphatic hydroxyl groups is 1. The summed E-state index contributed by atoms with van der Waals surface area (Å²) in [5.74, 6) is 0.344. The molecule has 3 N–H and O–H groups in total. The van der Waals surface area contributed by atoms with E-state index in [1.54, 1.807) is 24.3 Å². The van der Waals surface area contributed by atoms with Crippen LogP contribution in [-0.4, -0.2) is 55.6 Å².